The Kier molecular flexibility index (Phi) is 8.55. The van der Waals surface area contributed by atoms with E-state index >= 15 is 0 Å². The number of ether oxygens (including phenoxy) is 1. The number of hydrogen-bond donors (Lipinski definition) is 2. The van der Waals surface area contributed by atoms with E-state index in [0.717, 1.165) is 44.6 Å². The number of rotatable bonds is 6. The molecule has 1 aliphatic rings. The van der Waals surface area contributed by atoms with Crippen LogP contribution in [0.1, 0.15) is 46.0 Å². The molecule has 0 aromatic carbocycles. The second kappa shape index (κ2) is 10.2. The van der Waals surface area contributed by atoms with Gasteiger partial charge in [0, 0.05) is 19.6 Å². The van der Waals surface area contributed by atoms with Crippen LogP contribution in [0.15, 0.2) is 17.1 Å². The average molecular weight is 295 g/mol. The largest absolute Gasteiger partial charge is 0.466 e. The molecule has 1 aliphatic carbocycles. The molecule has 0 amide bonds. The summed E-state index contributed by atoms with van der Waals surface area (Å²) in [6, 6.07) is 0.392. The normalized spacial score (nSPS) is 23.1. The molecule has 0 unspecified atom stereocenters. The van der Waals surface area contributed by atoms with E-state index in [-0.39, 0.29) is 11.9 Å². The predicted octanol–water partition coefficient (Wildman–Crippen LogP) is 2.24. The fraction of sp³-hybridized carbons (Fsp3) is 0.750. The van der Waals surface area contributed by atoms with Crippen molar-refractivity contribution in [2.24, 2.45) is 10.9 Å². The van der Waals surface area contributed by atoms with Gasteiger partial charge in [-0.1, -0.05) is 12.2 Å². The highest BCUT2D eigenvalue weighted by molar-refractivity contribution is 5.80. The quantitative estimate of drug-likeness (QED) is 0.259. The first-order valence-corrected chi connectivity index (χ1v) is 7.96. The topological polar surface area (TPSA) is 62.7 Å². The van der Waals surface area contributed by atoms with E-state index in [1.54, 1.807) is 7.05 Å². The Balaban J connectivity index is 2.28. The van der Waals surface area contributed by atoms with Crippen LogP contribution in [0.25, 0.3) is 0 Å². The monoisotopic (exact) mass is 295 g/mol. The van der Waals surface area contributed by atoms with Crippen molar-refractivity contribution in [3.05, 3.63) is 12.2 Å². The summed E-state index contributed by atoms with van der Waals surface area (Å²) in [5.74, 6) is 0.886. The molecule has 0 bridgehead atoms. The molecule has 0 spiro atoms. The zero-order valence-corrected chi connectivity index (χ0v) is 13.5. The molecule has 0 aromatic rings. The van der Waals surface area contributed by atoms with Crippen LogP contribution >= 0.6 is 0 Å². The Morgan fingerprint density at radius 2 is 2.05 bits per heavy atom. The number of allylic oxidation sites excluding steroid dienone is 1. The van der Waals surface area contributed by atoms with E-state index in [9.17, 15) is 4.79 Å². The molecule has 0 saturated heterocycles. The van der Waals surface area contributed by atoms with Crippen LogP contribution in [-0.2, 0) is 9.53 Å². The summed E-state index contributed by atoms with van der Waals surface area (Å²) in [4.78, 5) is 15.9. The number of carbonyl (C=O) groups excluding carboxylic acids is 1. The van der Waals surface area contributed by atoms with E-state index in [4.69, 9.17) is 4.74 Å². The molecule has 1 saturated carbocycles. The van der Waals surface area contributed by atoms with Crippen molar-refractivity contribution in [1.82, 2.24) is 10.6 Å². The molecule has 120 valence electrons. The lowest BCUT2D eigenvalue weighted by Crippen LogP contribution is -2.45. The summed E-state index contributed by atoms with van der Waals surface area (Å²) in [6.45, 7) is 5.23. The van der Waals surface area contributed by atoms with Crippen LogP contribution in [0.5, 0.6) is 0 Å². The highest BCUT2D eigenvalue weighted by Crippen LogP contribution is 2.25. The Morgan fingerprint density at radius 1 is 1.33 bits per heavy atom. The maximum Gasteiger partial charge on any atom is 0.308 e. The lowest BCUT2D eigenvalue weighted by atomic mass is 9.86. The van der Waals surface area contributed by atoms with Crippen LogP contribution in [0.4, 0.5) is 0 Å². The first-order chi connectivity index (χ1) is 10.2. The van der Waals surface area contributed by atoms with Gasteiger partial charge in [0.2, 0.25) is 0 Å². The number of esters is 1. The van der Waals surface area contributed by atoms with E-state index < -0.39 is 0 Å². The Bertz CT molecular complexity index is 359. The zero-order chi connectivity index (χ0) is 15.5. The average Bonchev–Trinajstić information content (AvgIpc) is 2.51. The first kappa shape index (κ1) is 17.5. The number of hydrogen-bond acceptors (Lipinski definition) is 3. The third kappa shape index (κ3) is 6.65. The summed E-state index contributed by atoms with van der Waals surface area (Å²) >= 11 is 0. The van der Waals surface area contributed by atoms with Gasteiger partial charge in [0.15, 0.2) is 5.96 Å². The minimum Gasteiger partial charge on any atom is -0.466 e. The van der Waals surface area contributed by atoms with Crippen LogP contribution in [0.3, 0.4) is 0 Å². The number of nitrogens with zero attached hydrogens (tertiary/aromatic N) is 1. The van der Waals surface area contributed by atoms with Crippen molar-refractivity contribution in [3.8, 4) is 0 Å². The fourth-order valence-electron chi connectivity index (χ4n) is 2.56. The van der Waals surface area contributed by atoms with Crippen molar-refractivity contribution in [1.29, 1.82) is 0 Å². The number of guanidine groups is 1. The van der Waals surface area contributed by atoms with Crippen LogP contribution in [0, 0.1) is 5.92 Å². The molecular formula is C16H29N3O2. The van der Waals surface area contributed by atoms with Gasteiger partial charge in [-0.15, -0.1) is 0 Å². The number of nitrogens with one attached hydrogen (secondary N) is 2. The highest BCUT2D eigenvalue weighted by Gasteiger charge is 2.27. The van der Waals surface area contributed by atoms with Crippen molar-refractivity contribution in [3.63, 3.8) is 0 Å². The third-order valence-corrected chi connectivity index (χ3v) is 3.75. The summed E-state index contributed by atoms with van der Waals surface area (Å²) in [5, 5.41) is 6.74. The second-order valence-electron chi connectivity index (χ2n) is 5.30. The molecule has 0 radical (unpaired) electrons. The van der Waals surface area contributed by atoms with Crippen molar-refractivity contribution >= 4 is 11.9 Å². The molecule has 0 aromatic heterocycles. The van der Waals surface area contributed by atoms with Crippen LogP contribution in [0.2, 0.25) is 0 Å². The van der Waals surface area contributed by atoms with Gasteiger partial charge < -0.3 is 15.4 Å². The van der Waals surface area contributed by atoms with Crippen molar-refractivity contribution in [2.45, 2.75) is 52.0 Å². The molecule has 0 atom stereocenters. The van der Waals surface area contributed by atoms with Crippen LogP contribution < -0.4 is 10.6 Å². The summed E-state index contributed by atoms with van der Waals surface area (Å²) in [6.07, 6.45) is 8.93. The Morgan fingerprint density at radius 3 is 2.62 bits per heavy atom. The maximum absolute atomic E-state index is 11.7. The lowest BCUT2D eigenvalue weighted by Gasteiger charge is -2.29. The van der Waals surface area contributed by atoms with Gasteiger partial charge in [-0.3, -0.25) is 9.79 Å². The third-order valence-electron chi connectivity index (χ3n) is 3.75. The summed E-state index contributed by atoms with van der Waals surface area (Å²) in [5.41, 5.74) is 0. The molecule has 1 rings (SSSR count). The minimum absolute atomic E-state index is 0.0372. The highest BCUT2D eigenvalue weighted by atomic mass is 16.5. The van der Waals surface area contributed by atoms with Gasteiger partial charge in [-0.2, -0.15) is 0 Å². The van der Waals surface area contributed by atoms with Gasteiger partial charge in [-0.05, 0) is 46.0 Å². The minimum atomic E-state index is -0.0372. The molecule has 0 aliphatic heterocycles. The maximum atomic E-state index is 11.7. The van der Waals surface area contributed by atoms with Gasteiger partial charge in [-0.25, -0.2) is 0 Å². The van der Waals surface area contributed by atoms with E-state index in [2.05, 4.69) is 27.8 Å². The molecule has 21 heavy (non-hydrogen) atoms. The molecular weight excluding hydrogens is 266 g/mol. The van der Waals surface area contributed by atoms with Crippen LogP contribution in [-0.4, -0.2) is 38.2 Å². The molecule has 0 heterocycles. The number of carbonyl (C=O) groups is 1. The molecule has 5 nitrogen and oxygen atoms in total. The zero-order valence-electron chi connectivity index (χ0n) is 13.5. The SMILES string of the molecule is CC=CCCNC(=NC)NC1CCC(C(=O)OCC)CC1. The fourth-order valence-corrected chi connectivity index (χ4v) is 2.56. The smallest absolute Gasteiger partial charge is 0.308 e. The standard InChI is InChI=1S/C16H29N3O2/c1-4-6-7-12-18-16(17-3)19-14-10-8-13(9-11-14)15(20)21-5-2/h4,6,13-14H,5,7-12H2,1-3H3,(H2,17,18,19). The lowest BCUT2D eigenvalue weighted by molar-refractivity contribution is -0.149. The van der Waals surface area contributed by atoms with Gasteiger partial charge in [0.1, 0.15) is 0 Å². The van der Waals surface area contributed by atoms with E-state index in [0.29, 0.717) is 12.6 Å². The number of aliphatic imine (C=N–C) groups is 1. The van der Waals surface area contributed by atoms with Gasteiger partial charge >= 0.3 is 5.97 Å². The van der Waals surface area contributed by atoms with E-state index in [1.165, 1.54) is 0 Å². The molecule has 2 N–H and O–H groups in total. The summed E-state index contributed by atoms with van der Waals surface area (Å²) in [7, 11) is 1.79. The van der Waals surface area contributed by atoms with Gasteiger partial charge in [0.05, 0.1) is 12.5 Å². The van der Waals surface area contributed by atoms with E-state index in [1.807, 2.05) is 13.8 Å². The van der Waals surface area contributed by atoms with Crippen molar-refractivity contribution in [2.75, 3.05) is 20.2 Å². The first-order valence-electron chi connectivity index (χ1n) is 7.96. The van der Waals surface area contributed by atoms with Gasteiger partial charge in [0.25, 0.3) is 0 Å². The predicted molar refractivity (Wildman–Crippen MR) is 86.3 cm³/mol. The second-order valence-corrected chi connectivity index (χ2v) is 5.30. The Labute approximate surface area is 128 Å². The Hall–Kier alpha value is -1.52. The molecule has 5 heteroatoms. The van der Waals surface area contributed by atoms with Crippen molar-refractivity contribution < 1.29 is 9.53 Å². The molecule has 1 fully saturated rings. The summed E-state index contributed by atoms with van der Waals surface area (Å²) < 4.78 is 5.09.